The number of benzene rings is 1. The predicted octanol–water partition coefficient (Wildman–Crippen LogP) is 2.51. The minimum atomic E-state index is -3.40. The Morgan fingerprint density at radius 3 is 2.46 bits per heavy atom. The summed E-state index contributed by atoms with van der Waals surface area (Å²) >= 11 is 0. The van der Waals surface area contributed by atoms with E-state index in [1.54, 1.807) is 12.4 Å². The second kappa shape index (κ2) is 9.33. The summed E-state index contributed by atoms with van der Waals surface area (Å²) in [5.41, 5.74) is 2.70. The molecule has 0 bridgehead atoms. The molecule has 0 fully saturated rings. The van der Waals surface area contributed by atoms with E-state index in [0.29, 0.717) is 18.7 Å². The highest BCUT2D eigenvalue weighted by Crippen LogP contribution is 2.19. The molecule has 1 heterocycles. The highest BCUT2D eigenvalue weighted by atomic mass is 32.2. The first-order valence-corrected chi connectivity index (χ1v) is 10.5. The summed E-state index contributed by atoms with van der Waals surface area (Å²) in [6.45, 7) is 2.74. The largest absolute Gasteiger partial charge is 0.352 e. The minimum Gasteiger partial charge on any atom is -0.352 e. The van der Waals surface area contributed by atoms with Crippen LogP contribution in [0.2, 0.25) is 0 Å². The third kappa shape index (κ3) is 6.15. The van der Waals surface area contributed by atoms with E-state index in [2.05, 4.69) is 10.3 Å². The van der Waals surface area contributed by atoms with Gasteiger partial charge in [0.2, 0.25) is 15.9 Å². The van der Waals surface area contributed by atoms with Gasteiger partial charge in [-0.15, -0.1) is 0 Å². The van der Waals surface area contributed by atoms with Crippen LogP contribution in [0.4, 0.5) is 5.69 Å². The van der Waals surface area contributed by atoms with Gasteiger partial charge in [-0.2, -0.15) is 0 Å². The lowest BCUT2D eigenvalue weighted by atomic mass is 10.1. The molecule has 0 aliphatic carbocycles. The van der Waals surface area contributed by atoms with Gasteiger partial charge in [-0.05, 0) is 42.2 Å². The number of anilines is 1. The maximum absolute atomic E-state index is 12.1. The normalized spacial score (nSPS) is 11.2. The van der Waals surface area contributed by atoms with Crippen molar-refractivity contribution in [2.75, 3.05) is 17.1 Å². The molecule has 0 aliphatic rings. The standard InChI is InChI=1S/C19H25N3O3S/c1-3-16-8-10-18(11-9-16)22(26(2,24)25)13-5-7-19(23)21-15-17-6-4-12-20-14-17/h4,6,8-12,14H,3,5,7,13,15H2,1-2H3,(H,21,23). The number of hydrogen-bond donors (Lipinski definition) is 1. The van der Waals surface area contributed by atoms with E-state index >= 15 is 0 Å². The number of hydrogen-bond acceptors (Lipinski definition) is 4. The number of rotatable bonds is 9. The van der Waals surface area contributed by atoms with Crippen molar-refractivity contribution < 1.29 is 13.2 Å². The second-order valence-electron chi connectivity index (χ2n) is 6.10. The topological polar surface area (TPSA) is 79.4 Å². The zero-order valence-electron chi connectivity index (χ0n) is 15.2. The van der Waals surface area contributed by atoms with Gasteiger partial charge in [0.25, 0.3) is 0 Å². The van der Waals surface area contributed by atoms with Crippen molar-refractivity contribution in [1.29, 1.82) is 0 Å². The molecule has 6 nitrogen and oxygen atoms in total. The SMILES string of the molecule is CCc1ccc(N(CCCC(=O)NCc2cccnc2)S(C)(=O)=O)cc1. The van der Waals surface area contributed by atoms with Gasteiger partial charge >= 0.3 is 0 Å². The molecule has 0 radical (unpaired) electrons. The first-order valence-electron chi connectivity index (χ1n) is 8.62. The first-order chi connectivity index (χ1) is 12.4. The Morgan fingerprint density at radius 1 is 1.15 bits per heavy atom. The quantitative estimate of drug-likeness (QED) is 0.730. The van der Waals surface area contributed by atoms with Gasteiger partial charge in [0.15, 0.2) is 0 Å². The van der Waals surface area contributed by atoms with Crippen molar-refractivity contribution in [3.05, 3.63) is 59.9 Å². The molecular formula is C19H25N3O3S. The summed E-state index contributed by atoms with van der Waals surface area (Å²) < 4.78 is 25.5. The lowest BCUT2D eigenvalue weighted by Crippen LogP contribution is -2.32. The van der Waals surface area contributed by atoms with E-state index in [1.807, 2.05) is 43.3 Å². The Morgan fingerprint density at radius 2 is 1.88 bits per heavy atom. The van der Waals surface area contributed by atoms with Gasteiger partial charge in [-0.1, -0.05) is 25.1 Å². The molecular weight excluding hydrogens is 350 g/mol. The predicted molar refractivity (Wildman–Crippen MR) is 103 cm³/mol. The van der Waals surface area contributed by atoms with E-state index in [1.165, 1.54) is 10.6 Å². The highest BCUT2D eigenvalue weighted by Gasteiger charge is 2.17. The Bertz CT molecular complexity index is 806. The summed E-state index contributed by atoms with van der Waals surface area (Å²) in [5.74, 6) is -0.108. The van der Waals surface area contributed by atoms with E-state index in [9.17, 15) is 13.2 Å². The first kappa shape index (κ1) is 19.9. The molecule has 0 spiro atoms. The lowest BCUT2D eigenvalue weighted by Gasteiger charge is -2.22. The number of pyridine rings is 1. The molecule has 7 heteroatoms. The molecule has 0 unspecified atom stereocenters. The van der Waals surface area contributed by atoms with Gasteiger partial charge < -0.3 is 5.32 Å². The molecule has 26 heavy (non-hydrogen) atoms. The molecule has 0 saturated heterocycles. The Hall–Kier alpha value is -2.41. The van der Waals surface area contributed by atoms with Crippen LogP contribution >= 0.6 is 0 Å². The van der Waals surface area contributed by atoms with Gasteiger partial charge in [0, 0.05) is 31.9 Å². The van der Waals surface area contributed by atoms with Crippen LogP contribution in [0.1, 0.15) is 30.9 Å². The highest BCUT2D eigenvalue weighted by molar-refractivity contribution is 7.92. The Labute approximate surface area is 155 Å². The van der Waals surface area contributed by atoms with Crippen LogP contribution in [-0.4, -0.2) is 32.1 Å². The van der Waals surface area contributed by atoms with Crippen LogP contribution in [0.3, 0.4) is 0 Å². The zero-order valence-corrected chi connectivity index (χ0v) is 16.0. The fourth-order valence-electron chi connectivity index (χ4n) is 2.56. The van der Waals surface area contributed by atoms with Crippen LogP contribution in [0.15, 0.2) is 48.8 Å². The van der Waals surface area contributed by atoms with Crippen LogP contribution in [0.25, 0.3) is 0 Å². The van der Waals surface area contributed by atoms with Crippen LogP contribution < -0.4 is 9.62 Å². The summed E-state index contributed by atoms with van der Waals surface area (Å²) in [5, 5.41) is 2.82. The maximum Gasteiger partial charge on any atom is 0.232 e. The van der Waals surface area contributed by atoms with Crippen molar-refractivity contribution in [1.82, 2.24) is 10.3 Å². The van der Waals surface area contributed by atoms with Crippen molar-refractivity contribution >= 4 is 21.6 Å². The van der Waals surface area contributed by atoms with Crippen molar-refractivity contribution in [3.63, 3.8) is 0 Å². The molecule has 2 aromatic rings. The van der Waals surface area contributed by atoms with Gasteiger partial charge in [0.05, 0.1) is 11.9 Å². The number of nitrogens with zero attached hydrogens (tertiary/aromatic N) is 2. The number of aromatic nitrogens is 1. The van der Waals surface area contributed by atoms with Crippen molar-refractivity contribution in [2.45, 2.75) is 32.7 Å². The molecule has 1 amide bonds. The Balaban J connectivity index is 1.88. The van der Waals surface area contributed by atoms with Crippen LogP contribution in [0, 0.1) is 0 Å². The summed E-state index contributed by atoms with van der Waals surface area (Å²) in [7, 11) is -3.40. The average molecular weight is 375 g/mol. The molecule has 1 aromatic heterocycles. The van der Waals surface area contributed by atoms with Gasteiger partial charge in [-0.3, -0.25) is 14.1 Å². The van der Waals surface area contributed by atoms with Crippen LogP contribution in [0.5, 0.6) is 0 Å². The minimum absolute atomic E-state index is 0.108. The van der Waals surface area contributed by atoms with E-state index in [-0.39, 0.29) is 18.9 Å². The Kier molecular flexibility index (Phi) is 7.15. The summed E-state index contributed by atoms with van der Waals surface area (Å²) in [6.07, 6.45) is 6.17. The monoisotopic (exact) mass is 375 g/mol. The van der Waals surface area contributed by atoms with E-state index in [0.717, 1.165) is 17.5 Å². The fraction of sp³-hybridized carbons (Fsp3) is 0.368. The van der Waals surface area contributed by atoms with Gasteiger partial charge in [0.1, 0.15) is 0 Å². The molecule has 0 atom stereocenters. The fourth-order valence-corrected chi connectivity index (χ4v) is 3.52. The second-order valence-corrected chi connectivity index (χ2v) is 8.00. The third-order valence-corrected chi connectivity index (χ3v) is 5.20. The molecule has 140 valence electrons. The van der Waals surface area contributed by atoms with Gasteiger partial charge in [-0.25, -0.2) is 8.42 Å². The summed E-state index contributed by atoms with van der Waals surface area (Å²) in [4.78, 5) is 16.0. The van der Waals surface area contributed by atoms with E-state index in [4.69, 9.17) is 0 Å². The van der Waals surface area contributed by atoms with Crippen molar-refractivity contribution in [2.24, 2.45) is 0 Å². The van der Waals surface area contributed by atoms with Crippen LogP contribution in [-0.2, 0) is 27.8 Å². The molecule has 0 saturated carbocycles. The lowest BCUT2D eigenvalue weighted by molar-refractivity contribution is -0.121. The maximum atomic E-state index is 12.1. The number of aryl methyl sites for hydroxylation is 1. The molecule has 0 aliphatic heterocycles. The number of amides is 1. The van der Waals surface area contributed by atoms with Crippen molar-refractivity contribution in [3.8, 4) is 0 Å². The number of carbonyl (C=O) groups is 1. The number of sulfonamides is 1. The smallest absolute Gasteiger partial charge is 0.232 e. The number of carbonyl (C=O) groups excluding carboxylic acids is 1. The third-order valence-electron chi connectivity index (χ3n) is 4.01. The van der Waals surface area contributed by atoms with E-state index < -0.39 is 10.0 Å². The molecule has 1 N–H and O–H groups in total. The molecule has 1 aromatic carbocycles. The zero-order chi connectivity index (χ0) is 19.0. The molecule has 2 rings (SSSR count). The average Bonchev–Trinajstić information content (AvgIpc) is 2.63. The summed E-state index contributed by atoms with van der Waals surface area (Å²) in [6, 6.07) is 11.2. The number of nitrogens with one attached hydrogen (secondary N) is 1.